The van der Waals surface area contributed by atoms with E-state index in [9.17, 15) is 4.79 Å². The number of anilines is 1. The first kappa shape index (κ1) is 17.1. The molecule has 0 fully saturated rings. The summed E-state index contributed by atoms with van der Waals surface area (Å²) in [7, 11) is 1.41. The van der Waals surface area contributed by atoms with Crippen LogP contribution in [0.2, 0.25) is 0 Å². The maximum Gasteiger partial charge on any atom is 0.350 e. The van der Waals surface area contributed by atoms with Gasteiger partial charge < -0.3 is 10.5 Å². The van der Waals surface area contributed by atoms with E-state index in [-0.39, 0.29) is 5.97 Å². The number of nitrogens with two attached hydrogens (primary N) is 1. The van der Waals surface area contributed by atoms with E-state index in [1.807, 2.05) is 6.07 Å². The highest BCUT2D eigenvalue weighted by molar-refractivity contribution is 7.14. The predicted molar refractivity (Wildman–Crippen MR) is 93.5 cm³/mol. The van der Waals surface area contributed by atoms with Gasteiger partial charge in [0, 0.05) is 4.88 Å². The van der Waals surface area contributed by atoms with Gasteiger partial charge >= 0.3 is 5.97 Å². The highest BCUT2D eigenvalue weighted by atomic mass is 32.1. The lowest BCUT2D eigenvalue weighted by atomic mass is 9.93. The smallest absolute Gasteiger partial charge is 0.350 e. The molecule has 0 bridgehead atoms. The molecular weight excluding hydrogens is 294 g/mol. The number of allylic oxidation sites excluding steroid dienone is 2. The van der Waals surface area contributed by atoms with Crippen LogP contribution < -0.4 is 5.73 Å². The van der Waals surface area contributed by atoms with Crippen molar-refractivity contribution in [3.05, 3.63) is 28.0 Å². The lowest BCUT2D eigenvalue weighted by molar-refractivity contribution is 0.0607. The SMILES string of the molecule is COC(=O)c1sc(C2CCCC=CCCCCCC2)cc1N. The van der Waals surface area contributed by atoms with Gasteiger partial charge in [0.1, 0.15) is 4.88 Å². The van der Waals surface area contributed by atoms with Crippen molar-refractivity contribution in [2.45, 2.75) is 63.7 Å². The van der Waals surface area contributed by atoms with Gasteiger partial charge in [0.25, 0.3) is 0 Å². The summed E-state index contributed by atoms with van der Waals surface area (Å²) in [4.78, 5) is 13.5. The van der Waals surface area contributed by atoms with Gasteiger partial charge in [-0.15, -0.1) is 11.3 Å². The molecule has 0 aliphatic heterocycles. The molecule has 1 atom stereocenters. The van der Waals surface area contributed by atoms with Gasteiger partial charge in [-0.2, -0.15) is 0 Å². The largest absolute Gasteiger partial charge is 0.465 e. The van der Waals surface area contributed by atoms with E-state index in [2.05, 4.69) is 12.2 Å². The van der Waals surface area contributed by atoms with Crippen molar-refractivity contribution in [2.75, 3.05) is 12.8 Å². The fourth-order valence-electron chi connectivity index (χ4n) is 3.03. The summed E-state index contributed by atoms with van der Waals surface area (Å²) in [5.74, 6) is 0.211. The molecule has 22 heavy (non-hydrogen) atoms. The zero-order valence-corrected chi connectivity index (χ0v) is 14.3. The Morgan fingerprint density at radius 1 is 1.14 bits per heavy atom. The van der Waals surface area contributed by atoms with Gasteiger partial charge in [-0.25, -0.2) is 4.79 Å². The van der Waals surface area contributed by atoms with Crippen LogP contribution in [0.1, 0.15) is 78.3 Å². The highest BCUT2D eigenvalue weighted by Crippen LogP contribution is 2.36. The van der Waals surface area contributed by atoms with Crippen molar-refractivity contribution in [3.63, 3.8) is 0 Å². The Labute approximate surface area is 137 Å². The predicted octanol–water partition coefficient (Wildman–Crippen LogP) is 5.28. The van der Waals surface area contributed by atoms with Crippen molar-refractivity contribution in [3.8, 4) is 0 Å². The van der Waals surface area contributed by atoms with E-state index in [0.717, 1.165) is 6.42 Å². The van der Waals surface area contributed by atoms with Gasteiger partial charge in [-0.05, 0) is 50.5 Å². The molecule has 1 heterocycles. The van der Waals surface area contributed by atoms with Crippen LogP contribution in [0.3, 0.4) is 0 Å². The standard InChI is InChI=1S/C18H27NO2S/c1-21-18(20)17-15(19)13-16(22-17)14-11-9-7-5-3-2-4-6-8-10-12-14/h3,5,13-14H,2,4,6-12,19H2,1H3. The molecule has 0 amide bonds. The molecule has 0 radical (unpaired) electrons. The fraction of sp³-hybridized carbons (Fsp3) is 0.611. The monoisotopic (exact) mass is 321 g/mol. The average Bonchev–Trinajstić information content (AvgIpc) is 2.89. The molecule has 1 aliphatic carbocycles. The maximum absolute atomic E-state index is 11.7. The van der Waals surface area contributed by atoms with Crippen LogP contribution in [0.25, 0.3) is 0 Å². The Kier molecular flexibility index (Phi) is 6.97. The molecule has 4 heteroatoms. The van der Waals surface area contributed by atoms with E-state index >= 15 is 0 Å². The summed E-state index contributed by atoms with van der Waals surface area (Å²) < 4.78 is 4.81. The molecule has 1 aromatic heterocycles. The number of methoxy groups -OCH3 is 1. The summed E-state index contributed by atoms with van der Waals surface area (Å²) in [6.45, 7) is 0. The number of ether oxygens (including phenoxy) is 1. The van der Waals surface area contributed by atoms with E-state index in [1.165, 1.54) is 74.7 Å². The fourth-order valence-corrected chi connectivity index (χ4v) is 4.20. The Morgan fingerprint density at radius 2 is 1.82 bits per heavy atom. The normalized spacial score (nSPS) is 20.9. The molecule has 0 aromatic carbocycles. The minimum Gasteiger partial charge on any atom is -0.465 e. The molecule has 2 rings (SSSR count). The number of rotatable bonds is 2. The van der Waals surface area contributed by atoms with Crippen molar-refractivity contribution < 1.29 is 9.53 Å². The van der Waals surface area contributed by atoms with Gasteiger partial charge in [0.05, 0.1) is 12.8 Å². The molecule has 0 spiro atoms. The number of esters is 1. The zero-order valence-electron chi connectivity index (χ0n) is 13.5. The second-order valence-corrected chi connectivity index (χ2v) is 7.10. The quantitative estimate of drug-likeness (QED) is 0.595. The van der Waals surface area contributed by atoms with E-state index in [0.29, 0.717) is 16.5 Å². The summed E-state index contributed by atoms with van der Waals surface area (Å²) >= 11 is 1.52. The Morgan fingerprint density at radius 3 is 2.59 bits per heavy atom. The van der Waals surface area contributed by atoms with Crippen LogP contribution in [0, 0.1) is 0 Å². The molecule has 2 N–H and O–H groups in total. The molecule has 1 aromatic rings. The third kappa shape index (κ3) is 4.87. The summed E-state index contributed by atoms with van der Waals surface area (Å²) in [5.41, 5.74) is 6.56. The summed E-state index contributed by atoms with van der Waals surface area (Å²) in [6, 6.07) is 1.99. The van der Waals surface area contributed by atoms with Gasteiger partial charge in [-0.3, -0.25) is 0 Å². The second-order valence-electron chi connectivity index (χ2n) is 6.02. The third-order valence-electron chi connectivity index (χ3n) is 4.32. The van der Waals surface area contributed by atoms with Crippen molar-refractivity contribution in [1.82, 2.24) is 0 Å². The van der Waals surface area contributed by atoms with Crippen molar-refractivity contribution in [1.29, 1.82) is 0 Å². The highest BCUT2D eigenvalue weighted by Gasteiger charge is 2.20. The summed E-state index contributed by atoms with van der Waals surface area (Å²) in [5, 5.41) is 0. The zero-order chi connectivity index (χ0) is 15.8. The minimum absolute atomic E-state index is 0.315. The topological polar surface area (TPSA) is 52.3 Å². The van der Waals surface area contributed by atoms with Crippen LogP contribution in [-0.4, -0.2) is 13.1 Å². The molecular formula is C18H27NO2S. The van der Waals surface area contributed by atoms with Crippen molar-refractivity contribution >= 4 is 23.0 Å². The second kappa shape index (κ2) is 8.99. The Balaban J connectivity index is 2.07. The van der Waals surface area contributed by atoms with Gasteiger partial charge in [-0.1, -0.05) is 31.4 Å². The number of carbonyl (C=O) groups excluding carboxylic acids is 1. The van der Waals surface area contributed by atoms with E-state index < -0.39 is 0 Å². The first-order valence-corrected chi connectivity index (χ1v) is 9.16. The number of hydrogen-bond donors (Lipinski definition) is 1. The van der Waals surface area contributed by atoms with Crippen LogP contribution in [-0.2, 0) is 4.74 Å². The lowest BCUT2D eigenvalue weighted by Gasteiger charge is -2.15. The van der Waals surface area contributed by atoms with Crippen LogP contribution >= 0.6 is 11.3 Å². The summed E-state index contributed by atoms with van der Waals surface area (Å²) in [6.07, 6.45) is 15.8. The molecule has 1 aliphatic rings. The number of hydrogen-bond acceptors (Lipinski definition) is 4. The lowest BCUT2D eigenvalue weighted by Crippen LogP contribution is -2.01. The number of nitrogen functional groups attached to an aromatic ring is 1. The Bertz CT molecular complexity index is 507. The van der Waals surface area contributed by atoms with Crippen LogP contribution in [0.5, 0.6) is 0 Å². The van der Waals surface area contributed by atoms with Crippen LogP contribution in [0.4, 0.5) is 5.69 Å². The molecule has 0 saturated carbocycles. The molecule has 0 saturated heterocycles. The third-order valence-corrected chi connectivity index (χ3v) is 5.61. The molecule has 122 valence electrons. The van der Waals surface area contributed by atoms with E-state index in [4.69, 9.17) is 10.5 Å². The maximum atomic E-state index is 11.7. The van der Waals surface area contributed by atoms with Gasteiger partial charge in [0.2, 0.25) is 0 Å². The van der Waals surface area contributed by atoms with E-state index in [1.54, 1.807) is 0 Å². The Hall–Kier alpha value is -1.29. The minimum atomic E-state index is -0.315. The van der Waals surface area contributed by atoms with Gasteiger partial charge in [0.15, 0.2) is 0 Å². The molecule has 1 unspecified atom stereocenters. The van der Waals surface area contributed by atoms with Crippen LogP contribution in [0.15, 0.2) is 18.2 Å². The number of thiophene rings is 1. The average molecular weight is 321 g/mol. The van der Waals surface area contributed by atoms with Crippen molar-refractivity contribution in [2.24, 2.45) is 0 Å². The number of carbonyl (C=O) groups is 1. The molecule has 3 nitrogen and oxygen atoms in total. The first-order valence-electron chi connectivity index (χ1n) is 8.35. The first-order chi connectivity index (χ1) is 10.7.